The Hall–Kier alpha value is -1.77. The minimum Gasteiger partial charge on any atom is -0.383 e. The van der Waals surface area contributed by atoms with Gasteiger partial charge in [-0.1, -0.05) is 0 Å². The number of carbonyl (C=O) groups excluding carboxylic acids is 1. The minimum absolute atomic E-state index is 0.254. The number of benzene rings is 1. The minimum atomic E-state index is -0.548. The van der Waals surface area contributed by atoms with Crippen molar-refractivity contribution in [1.29, 1.82) is 0 Å². The summed E-state index contributed by atoms with van der Waals surface area (Å²) >= 11 is 3.27. The van der Waals surface area contributed by atoms with E-state index in [4.69, 9.17) is 10.5 Å². The van der Waals surface area contributed by atoms with E-state index in [1.165, 1.54) is 0 Å². The maximum absolute atomic E-state index is 14.1. The summed E-state index contributed by atoms with van der Waals surface area (Å²) in [5.74, 6) is 0.199. The summed E-state index contributed by atoms with van der Waals surface area (Å²) < 4.78 is 21.7. The first-order chi connectivity index (χ1) is 12.5. The van der Waals surface area contributed by atoms with E-state index in [1.54, 1.807) is 19.2 Å². The van der Waals surface area contributed by atoms with Crippen molar-refractivity contribution < 1.29 is 13.9 Å². The Bertz CT molecular complexity index is 877. The molecule has 3 heterocycles. The highest BCUT2D eigenvalue weighted by atomic mass is 79.9. The van der Waals surface area contributed by atoms with Crippen molar-refractivity contribution >= 4 is 21.8 Å². The van der Waals surface area contributed by atoms with Crippen molar-refractivity contribution in [2.45, 2.75) is 31.3 Å². The van der Waals surface area contributed by atoms with E-state index < -0.39 is 5.91 Å². The van der Waals surface area contributed by atoms with Crippen molar-refractivity contribution in [3.8, 4) is 11.4 Å². The summed E-state index contributed by atoms with van der Waals surface area (Å²) in [6.45, 7) is 1.72. The van der Waals surface area contributed by atoms with Gasteiger partial charge >= 0.3 is 0 Å². The maximum Gasteiger partial charge on any atom is 0.269 e. The number of nitrogens with one attached hydrogen (secondary N) is 1. The Morgan fingerprint density at radius 3 is 2.96 bits per heavy atom. The molecule has 3 aliphatic rings. The van der Waals surface area contributed by atoms with Crippen molar-refractivity contribution in [1.82, 2.24) is 14.9 Å². The third-order valence-electron chi connectivity index (χ3n) is 5.27. The predicted molar refractivity (Wildman–Crippen MR) is 98.4 cm³/mol. The van der Waals surface area contributed by atoms with Crippen molar-refractivity contribution in [3.05, 3.63) is 39.4 Å². The highest BCUT2D eigenvalue weighted by Gasteiger charge is 2.41. The molecule has 1 aromatic heterocycles. The predicted octanol–water partition coefficient (Wildman–Crippen LogP) is 2.72. The lowest BCUT2D eigenvalue weighted by atomic mass is 9.75. The molecule has 3 N–H and O–H groups in total. The molecule has 0 saturated heterocycles. The van der Waals surface area contributed by atoms with Gasteiger partial charge in [-0.05, 0) is 52.4 Å². The summed E-state index contributed by atoms with van der Waals surface area (Å²) in [6.07, 6.45) is 1.83. The second-order valence-electron chi connectivity index (χ2n) is 6.81. The van der Waals surface area contributed by atoms with Gasteiger partial charge in [0.15, 0.2) is 5.69 Å². The van der Waals surface area contributed by atoms with Gasteiger partial charge in [-0.25, -0.2) is 9.37 Å². The van der Waals surface area contributed by atoms with Crippen LogP contribution < -0.4 is 11.1 Å². The van der Waals surface area contributed by atoms with Crippen LogP contribution in [0.1, 0.15) is 46.5 Å². The number of imidazole rings is 1. The first kappa shape index (κ1) is 17.6. The smallest absolute Gasteiger partial charge is 0.269 e. The standard InChI is InChI=1S/C18H20BrFN4O2/c1-26-3-2-22-8-15-16(17(21)25)23-18-12-6-13(19)14(20)7-11(12)9-4-10(5-9)24(15)18/h6-7,9-10,22H,2-5,8H2,1H3,(H2,21,25). The van der Waals surface area contributed by atoms with Crippen LogP contribution in [0.4, 0.5) is 4.39 Å². The summed E-state index contributed by atoms with van der Waals surface area (Å²) in [4.78, 5) is 16.6. The molecule has 1 saturated carbocycles. The molecule has 0 unspecified atom stereocenters. The quantitative estimate of drug-likeness (QED) is 0.701. The molecule has 1 aliphatic carbocycles. The number of methoxy groups -OCH3 is 1. The Balaban J connectivity index is 1.83. The van der Waals surface area contributed by atoms with Crippen LogP contribution in [0.2, 0.25) is 0 Å². The molecule has 0 atom stereocenters. The Morgan fingerprint density at radius 1 is 1.50 bits per heavy atom. The lowest BCUT2D eigenvalue weighted by Crippen LogP contribution is -2.28. The van der Waals surface area contributed by atoms with Gasteiger partial charge in [0, 0.05) is 31.8 Å². The molecule has 1 aromatic carbocycles. The van der Waals surface area contributed by atoms with Gasteiger partial charge in [0.05, 0.1) is 16.8 Å². The lowest BCUT2D eigenvalue weighted by Gasteiger charge is -2.35. The number of amides is 1. The van der Waals surface area contributed by atoms with Gasteiger partial charge in [-0.3, -0.25) is 4.79 Å². The second kappa shape index (κ2) is 6.75. The highest BCUT2D eigenvalue weighted by Crippen LogP contribution is 2.53. The van der Waals surface area contributed by atoms with Crippen LogP contribution in [0.15, 0.2) is 16.6 Å². The van der Waals surface area contributed by atoms with E-state index in [2.05, 4.69) is 30.8 Å². The normalized spacial score (nSPS) is 20.1. The molecule has 2 bridgehead atoms. The van der Waals surface area contributed by atoms with Crippen molar-refractivity contribution in [3.63, 3.8) is 0 Å². The molecule has 1 amide bonds. The maximum atomic E-state index is 14.1. The zero-order valence-electron chi connectivity index (χ0n) is 14.4. The largest absolute Gasteiger partial charge is 0.383 e. The molecule has 0 spiro atoms. The Labute approximate surface area is 159 Å². The van der Waals surface area contributed by atoms with Crippen LogP contribution in [0.25, 0.3) is 11.4 Å². The molecule has 6 nitrogen and oxygen atoms in total. The van der Waals surface area contributed by atoms with Crippen LogP contribution in [-0.4, -0.2) is 35.7 Å². The fourth-order valence-electron chi connectivity index (χ4n) is 3.94. The summed E-state index contributed by atoms with van der Waals surface area (Å²) in [7, 11) is 1.64. The number of rotatable bonds is 6. The van der Waals surface area contributed by atoms with E-state index in [-0.39, 0.29) is 17.6 Å². The number of carbonyl (C=O) groups is 1. The summed E-state index contributed by atoms with van der Waals surface area (Å²) in [5.41, 5.74) is 8.49. The van der Waals surface area contributed by atoms with E-state index in [0.717, 1.165) is 29.7 Å². The van der Waals surface area contributed by atoms with E-state index in [0.29, 0.717) is 35.9 Å². The first-order valence-electron chi connectivity index (χ1n) is 8.61. The fraction of sp³-hybridized carbons (Fsp3) is 0.444. The van der Waals surface area contributed by atoms with Crippen molar-refractivity contribution in [2.24, 2.45) is 5.73 Å². The molecule has 138 valence electrons. The number of hydrogen-bond acceptors (Lipinski definition) is 4. The Morgan fingerprint density at radius 2 is 2.27 bits per heavy atom. The summed E-state index contributed by atoms with van der Waals surface area (Å²) in [5, 5.41) is 3.27. The van der Waals surface area contributed by atoms with Gasteiger partial charge in [-0.15, -0.1) is 0 Å². The molecular weight excluding hydrogens is 403 g/mol. The van der Waals surface area contributed by atoms with Gasteiger partial charge in [0.1, 0.15) is 11.6 Å². The lowest BCUT2D eigenvalue weighted by molar-refractivity contribution is 0.0994. The zero-order valence-corrected chi connectivity index (χ0v) is 16.0. The van der Waals surface area contributed by atoms with E-state index >= 15 is 0 Å². The van der Waals surface area contributed by atoms with Gasteiger partial charge < -0.3 is 20.4 Å². The van der Waals surface area contributed by atoms with Crippen molar-refractivity contribution in [2.75, 3.05) is 20.3 Å². The zero-order chi connectivity index (χ0) is 18.4. The fourth-order valence-corrected chi connectivity index (χ4v) is 4.29. The monoisotopic (exact) mass is 422 g/mol. The highest BCUT2D eigenvalue weighted by molar-refractivity contribution is 9.10. The number of nitrogens with zero attached hydrogens (tertiary/aromatic N) is 2. The van der Waals surface area contributed by atoms with Crippen LogP contribution in [0.5, 0.6) is 0 Å². The molecule has 8 heteroatoms. The second-order valence-corrected chi connectivity index (χ2v) is 7.66. The number of nitrogens with two attached hydrogens (primary N) is 1. The van der Waals surface area contributed by atoms with Gasteiger partial charge in [0.25, 0.3) is 5.91 Å². The molecule has 2 aromatic rings. The Kier molecular flexibility index (Phi) is 4.58. The average Bonchev–Trinajstić information content (AvgIpc) is 2.81. The number of aromatic nitrogens is 2. The third kappa shape index (κ3) is 2.76. The molecule has 0 radical (unpaired) electrons. The molecule has 26 heavy (non-hydrogen) atoms. The van der Waals surface area contributed by atoms with Crippen LogP contribution in [-0.2, 0) is 11.3 Å². The van der Waals surface area contributed by atoms with Gasteiger partial charge in [0.2, 0.25) is 0 Å². The van der Waals surface area contributed by atoms with Crippen LogP contribution in [0, 0.1) is 5.82 Å². The third-order valence-corrected chi connectivity index (χ3v) is 5.88. The topological polar surface area (TPSA) is 82.2 Å². The number of primary amides is 1. The molecule has 1 fully saturated rings. The molecular formula is C18H20BrFN4O2. The summed E-state index contributed by atoms with van der Waals surface area (Å²) in [6, 6.07) is 3.60. The van der Waals surface area contributed by atoms with Crippen LogP contribution >= 0.6 is 15.9 Å². The number of hydrogen-bond donors (Lipinski definition) is 2. The SMILES string of the molecule is COCCNCc1c(C(N)=O)nc2n1C1CC(C1)c1cc(F)c(Br)cc1-2. The molecule has 5 rings (SSSR count). The first-order valence-corrected chi connectivity index (χ1v) is 9.40. The van der Waals surface area contributed by atoms with E-state index in [9.17, 15) is 9.18 Å². The molecule has 2 aliphatic heterocycles. The number of halogens is 2. The van der Waals surface area contributed by atoms with Gasteiger partial charge in [-0.2, -0.15) is 0 Å². The van der Waals surface area contributed by atoms with E-state index in [1.807, 2.05) is 0 Å². The number of ether oxygens (including phenoxy) is 1. The average molecular weight is 423 g/mol. The van der Waals surface area contributed by atoms with Crippen LogP contribution in [0.3, 0.4) is 0 Å².